The van der Waals surface area contributed by atoms with Crippen LogP contribution in [0.1, 0.15) is 26.7 Å². The molecule has 116 valence electrons. The van der Waals surface area contributed by atoms with Crippen molar-refractivity contribution in [2.75, 3.05) is 27.7 Å². The summed E-state index contributed by atoms with van der Waals surface area (Å²) < 4.78 is 0. The summed E-state index contributed by atoms with van der Waals surface area (Å²) in [6.45, 7) is 4.50. The Morgan fingerprint density at radius 3 is 2.45 bits per heavy atom. The van der Waals surface area contributed by atoms with Gasteiger partial charge in [-0.15, -0.1) is 0 Å². The van der Waals surface area contributed by atoms with Crippen LogP contribution in [0, 0.1) is 5.92 Å². The summed E-state index contributed by atoms with van der Waals surface area (Å²) >= 11 is 0. The fraction of sp³-hybridized carbons (Fsp3) is 0.857. The van der Waals surface area contributed by atoms with E-state index in [1.165, 1.54) is 4.90 Å². The Labute approximate surface area is 121 Å². The monoisotopic (exact) mass is 285 g/mol. The number of aliphatic hydroxyl groups is 1. The number of hydrogen-bond acceptors (Lipinski definition) is 4. The molecule has 6 nitrogen and oxygen atoms in total. The highest BCUT2D eigenvalue weighted by Crippen LogP contribution is 2.16. The first-order chi connectivity index (χ1) is 9.23. The zero-order valence-corrected chi connectivity index (χ0v) is 13.1. The van der Waals surface area contributed by atoms with Crippen LogP contribution >= 0.6 is 0 Å². The lowest BCUT2D eigenvalue weighted by atomic mass is 9.97. The summed E-state index contributed by atoms with van der Waals surface area (Å²) in [6, 6.07) is -0.889. The van der Waals surface area contributed by atoms with Gasteiger partial charge in [-0.3, -0.25) is 14.5 Å². The highest BCUT2D eigenvalue weighted by atomic mass is 16.3. The van der Waals surface area contributed by atoms with Crippen molar-refractivity contribution in [3.63, 3.8) is 0 Å². The molecule has 1 fully saturated rings. The molecule has 1 aliphatic heterocycles. The first kappa shape index (κ1) is 16.9. The average molecular weight is 285 g/mol. The van der Waals surface area contributed by atoms with Gasteiger partial charge in [0.05, 0.1) is 12.1 Å². The largest absolute Gasteiger partial charge is 0.393 e. The van der Waals surface area contributed by atoms with E-state index in [1.807, 2.05) is 25.8 Å². The summed E-state index contributed by atoms with van der Waals surface area (Å²) in [6.07, 6.45) is 0.664. The molecule has 0 saturated carbocycles. The normalized spacial score (nSPS) is 25.4. The second-order valence-electron chi connectivity index (χ2n) is 6.14. The molecule has 1 rings (SSSR count). The van der Waals surface area contributed by atoms with Crippen LogP contribution in [0.3, 0.4) is 0 Å². The van der Waals surface area contributed by atoms with Crippen molar-refractivity contribution >= 4 is 11.8 Å². The maximum absolute atomic E-state index is 12.4. The molecular weight excluding hydrogens is 258 g/mol. The van der Waals surface area contributed by atoms with Crippen molar-refractivity contribution < 1.29 is 14.7 Å². The third kappa shape index (κ3) is 4.18. The summed E-state index contributed by atoms with van der Waals surface area (Å²) in [5.74, 6) is -0.264. The summed E-state index contributed by atoms with van der Waals surface area (Å²) in [5.41, 5.74) is 0. The summed E-state index contributed by atoms with van der Waals surface area (Å²) in [4.78, 5) is 27.9. The topological polar surface area (TPSA) is 72.9 Å². The zero-order chi connectivity index (χ0) is 15.4. The van der Waals surface area contributed by atoms with Gasteiger partial charge in [0.2, 0.25) is 11.8 Å². The van der Waals surface area contributed by atoms with Crippen LogP contribution in [-0.4, -0.2) is 72.6 Å². The minimum absolute atomic E-state index is 0.0210. The lowest BCUT2D eigenvalue weighted by Gasteiger charge is -2.35. The number of hydrogen-bond donors (Lipinski definition) is 2. The van der Waals surface area contributed by atoms with Gasteiger partial charge in [-0.2, -0.15) is 0 Å². The molecule has 1 heterocycles. The first-order valence-electron chi connectivity index (χ1n) is 7.13. The second-order valence-corrected chi connectivity index (χ2v) is 6.14. The van der Waals surface area contributed by atoms with Gasteiger partial charge in [0.15, 0.2) is 0 Å². The molecule has 0 spiro atoms. The van der Waals surface area contributed by atoms with Crippen molar-refractivity contribution in [1.29, 1.82) is 0 Å². The fourth-order valence-electron chi connectivity index (χ4n) is 2.41. The minimum Gasteiger partial charge on any atom is -0.393 e. The first-order valence-corrected chi connectivity index (χ1v) is 7.13. The van der Waals surface area contributed by atoms with E-state index in [2.05, 4.69) is 5.32 Å². The van der Waals surface area contributed by atoms with Gasteiger partial charge in [0.25, 0.3) is 0 Å². The molecular formula is C14H27N3O3. The molecule has 20 heavy (non-hydrogen) atoms. The van der Waals surface area contributed by atoms with Crippen LogP contribution in [0.2, 0.25) is 0 Å². The zero-order valence-electron chi connectivity index (χ0n) is 13.1. The van der Waals surface area contributed by atoms with Gasteiger partial charge in [-0.05, 0) is 25.8 Å². The molecule has 0 aromatic carbocycles. The Morgan fingerprint density at radius 2 is 1.95 bits per heavy atom. The molecule has 0 unspecified atom stereocenters. The van der Waals surface area contributed by atoms with Gasteiger partial charge in [-0.25, -0.2) is 0 Å². The maximum atomic E-state index is 12.4. The van der Waals surface area contributed by atoms with E-state index in [9.17, 15) is 14.7 Å². The van der Waals surface area contributed by atoms with E-state index < -0.39 is 12.1 Å². The van der Waals surface area contributed by atoms with Gasteiger partial charge >= 0.3 is 0 Å². The van der Waals surface area contributed by atoms with Crippen LogP contribution in [0.5, 0.6) is 0 Å². The SMILES string of the molecule is CC(C)[C@H](NC(=O)[C@H]1C[C@H](O)CCN1C)C(=O)N(C)C. The van der Waals surface area contributed by atoms with E-state index in [1.54, 1.807) is 14.1 Å². The molecule has 3 atom stereocenters. The van der Waals surface area contributed by atoms with Gasteiger partial charge in [-0.1, -0.05) is 13.8 Å². The second kappa shape index (κ2) is 7.04. The molecule has 0 bridgehead atoms. The lowest BCUT2D eigenvalue weighted by Crippen LogP contribution is -2.56. The molecule has 2 amide bonds. The van der Waals surface area contributed by atoms with Crippen molar-refractivity contribution in [3.05, 3.63) is 0 Å². The van der Waals surface area contributed by atoms with Gasteiger partial charge in [0.1, 0.15) is 6.04 Å². The van der Waals surface area contributed by atoms with Crippen LogP contribution in [0.4, 0.5) is 0 Å². The maximum Gasteiger partial charge on any atom is 0.244 e. The number of nitrogens with one attached hydrogen (secondary N) is 1. The smallest absolute Gasteiger partial charge is 0.244 e. The highest BCUT2D eigenvalue weighted by Gasteiger charge is 2.33. The Balaban J connectivity index is 2.73. The molecule has 0 aromatic heterocycles. The molecule has 1 saturated heterocycles. The third-order valence-electron chi connectivity index (χ3n) is 3.82. The number of carbonyl (C=O) groups is 2. The number of rotatable bonds is 4. The van der Waals surface area contributed by atoms with Crippen molar-refractivity contribution in [1.82, 2.24) is 15.1 Å². The van der Waals surface area contributed by atoms with E-state index >= 15 is 0 Å². The van der Waals surface area contributed by atoms with E-state index in [0.717, 1.165) is 0 Å². The Hall–Kier alpha value is -1.14. The fourth-order valence-corrected chi connectivity index (χ4v) is 2.41. The van der Waals surface area contributed by atoms with Crippen molar-refractivity contribution in [2.24, 2.45) is 5.92 Å². The number of piperidine rings is 1. The van der Waals surface area contributed by atoms with Crippen LogP contribution in [0.25, 0.3) is 0 Å². The number of carbonyl (C=O) groups excluding carboxylic acids is 2. The van der Waals surface area contributed by atoms with E-state index in [4.69, 9.17) is 0 Å². The van der Waals surface area contributed by atoms with Crippen LogP contribution in [-0.2, 0) is 9.59 Å². The van der Waals surface area contributed by atoms with Gasteiger partial charge in [0, 0.05) is 20.6 Å². The number of amides is 2. The van der Waals surface area contributed by atoms with Crippen molar-refractivity contribution in [2.45, 2.75) is 44.9 Å². The molecule has 2 N–H and O–H groups in total. The Morgan fingerprint density at radius 1 is 1.35 bits per heavy atom. The molecule has 0 aromatic rings. The lowest BCUT2D eigenvalue weighted by molar-refractivity contribution is -0.138. The predicted molar refractivity (Wildman–Crippen MR) is 77.1 cm³/mol. The van der Waals surface area contributed by atoms with E-state index in [-0.39, 0.29) is 23.8 Å². The minimum atomic E-state index is -0.523. The quantitative estimate of drug-likeness (QED) is 0.742. The highest BCUT2D eigenvalue weighted by molar-refractivity contribution is 5.89. The number of nitrogens with zero attached hydrogens (tertiary/aromatic N) is 2. The summed E-state index contributed by atoms with van der Waals surface area (Å²) in [5, 5.41) is 12.5. The molecule has 0 aliphatic carbocycles. The molecule has 6 heteroatoms. The Bertz CT molecular complexity index is 358. The predicted octanol–water partition coefficient (Wildman–Crippen LogP) is -0.329. The van der Waals surface area contributed by atoms with Crippen molar-refractivity contribution in [3.8, 4) is 0 Å². The average Bonchev–Trinajstić information content (AvgIpc) is 2.37. The third-order valence-corrected chi connectivity index (χ3v) is 3.82. The van der Waals surface area contributed by atoms with Gasteiger partial charge < -0.3 is 15.3 Å². The van der Waals surface area contributed by atoms with E-state index in [0.29, 0.717) is 19.4 Å². The number of likely N-dealkylation sites (N-methyl/N-ethyl adjacent to an activating group) is 2. The number of likely N-dealkylation sites (tertiary alicyclic amines) is 1. The standard InChI is InChI=1S/C14H27N3O3/c1-9(2)12(14(20)16(3)4)15-13(19)11-8-10(18)6-7-17(11)5/h9-12,18H,6-8H2,1-5H3,(H,15,19)/t10-,11-,12+/m1/s1. The van der Waals surface area contributed by atoms with Crippen LogP contribution in [0.15, 0.2) is 0 Å². The number of aliphatic hydroxyl groups excluding tert-OH is 1. The summed E-state index contributed by atoms with van der Waals surface area (Å²) in [7, 11) is 5.23. The molecule has 0 radical (unpaired) electrons. The Kier molecular flexibility index (Phi) is 5.95. The molecule has 1 aliphatic rings. The van der Waals surface area contributed by atoms with Crippen LogP contribution < -0.4 is 5.32 Å².